The molecule has 8 heteroatoms. The number of ketones is 1. The maximum Gasteiger partial charge on any atom is 0.265 e. The molecule has 2 aromatic heterocycles. The van der Waals surface area contributed by atoms with E-state index in [2.05, 4.69) is 18.0 Å². The number of benzene rings is 2. The number of thiophene rings is 1. The van der Waals surface area contributed by atoms with Crippen molar-refractivity contribution >= 4 is 38.9 Å². The summed E-state index contributed by atoms with van der Waals surface area (Å²) >= 11 is 1.42. The van der Waals surface area contributed by atoms with Gasteiger partial charge in [-0.05, 0) is 62.6 Å². The number of carbonyl (C=O) groups is 2. The van der Waals surface area contributed by atoms with E-state index in [4.69, 9.17) is 4.74 Å². The molecule has 0 spiro atoms. The van der Waals surface area contributed by atoms with E-state index in [0.29, 0.717) is 33.8 Å². The van der Waals surface area contributed by atoms with Crippen molar-refractivity contribution < 1.29 is 14.3 Å². The molecule has 1 amide bonds. The Kier molecular flexibility index (Phi) is 5.76. The molecule has 5 rings (SSSR count). The molecule has 0 bridgehead atoms. The molecule has 35 heavy (non-hydrogen) atoms. The van der Waals surface area contributed by atoms with Gasteiger partial charge < -0.3 is 9.64 Å². The average molecular weight is 488 g/mol. The van der Waals surface area contributed by atoms with Gasteiger partial charge >= 0.3 is 0 Å². The minimum atomic E-state index is -0.778. The number of fused-ring (bicyclic) bond motifs is 2. The topological polar surface area (TPSA) is 81.5 Å². The van der Waals surface area contributed by atoms with Gasteiger partial charge in [0, 0.05) is 23.1 Å². The molecule has 0 fully saturated rings. The van der Waals surface area contributed by atoms with Gasteiger partial charge in [-0.15, -0.1) is 11.3 Å². The smallest absolute Gasteiger partial charge is 0.265 e. The zero-order valence-corrected chi connectivity index (χ0v) is 20.8. The zero-order chi connectivity index (χ0) is 24.9. The fourth-order valence-electron chi connectivity index (χ4n) is 4.41. The second kappa shape index (κ2) is 8.78. The lowest BCUT2D eigenvalue weighted by molar-refractivity contribution is -0.121. The van der Waals surface area contributed by atoms with Crippen molar-refractivity contribution in [2.75, 3.05) is 18.1 Å². The number of Topliss-reactive ketones (excluding diaryl/α,β-unsaturated/α-hetero) is 1. The van der Waals surface area contributed by atoms with Gasteiger partial charge in [-0.3, -0.25) is 19.0 Å². The zero-order valence-electron chi connectivity index (χ0n) is 20.0. The molecular formula is C27H25N3O4S. The molecule has 2 aromatic carbocycles. The number of anilines is 1. The van der Waals surface area contributed by atoms with Crippen molar-refractivity contribution in [2.24, 2.45) is 0 Å². The first-order valence-electron chi connectivity index (χ1n) is 11.5. The number of aryl methyl sites for hydroxylation is 2. The number of ether oxygens (including phenoxy) is 1. The number of rotatable bonds is 5. The maximum atomic E-state index is 13.6. The number of nitrogens with zero attached hydrogens (tertiary/aromatic N) is 3. The Morgan fingerprint density at radius 1 is 1.14 bits per heavy atom. The summed E-state index contributed by atoms with van der Waals surface area (Å²) in [6.45, 7) is 8.12. The number of carbonyl (C=O) groups excluding carboxylic acids is 2. The lowest BCUT2D eigenvalue weighted by Gasteiger charge is -2.28. The Hall–Kier alpha value is -3.78. The van der Waals surface area contributed by atoms with Crippen LogP contribution in [0.5, 0.6) is 5.75 Å². The van der Waals surface area contributed by atoms with Crippen molar-refractivity contribution in [2.45, 2.75) is 33.7 Å². The monoisotopic (exact) mass is 487 g/mol. The van der Waals surface area contributed by atoms with Crippen LogP contribution in [0.15, 0.2) is 52.9 Å². The van der Waals surface area contributed by atoms with Gasteiger partial charge in [-0.2, -0.15) is 0 Å². The maximum absolute atomic E-state index is 13.6. The second-order valence-corrected chi connectivity index (χ2v) is 9.59. The summed E-state index contributed by atoms with van der Waals surface area (Å²) in [6, 6.07) is 10.4. The van der Waals surface area contributed by atoms with Crippen molar-refractivity contribution in [3.63, 3.8) is 0 Å². The van der Waals surface area contributed by atoms with Crippen molar-refractivity contribution in [3.05, 3.63) is 75.1 Å². The highest BCUT2D eigenvalue weighted by molar-refractivity contribution is 7.17. The van der Waals surface area contributed by atoms with Crippen LogP contribution in [0.1, 0.15) is 41.4 Å². The normalized spacial score (nSPS) is 14.1. The molecule has 0 saturated carbocycles. The Morgan fingerprint density at radius 2 is 1.94 bits per heavy atom. The molecule has 0 radical (unpaired) electrons. The van der Waals surface area contributed by atoms with Crippen LogP contribution in [0.3, 0.4) is 0 Å². The molecule has 1 aliphatic rings. The lowest BCUT2D eigenvalue weighted by Crippen LogP contribution is -2.38. The summed E-state index contributed by atoms with van der Waals surface area (Å²) in [5.41, 5.74) is 4.82. The molecule has 7 nitrogen and oxygen atoms in total. The third-order valence-corrected chi connectivity index (χ3v) is 7.52. The number of aromatic nitrogens is 2. The highest BCUT2D eigenvalue weighted by Crippen LogP contribution is 2.34. The first-order valence-corrected chi connectivity index (χ1v) is 12.4. The minimum absolute atomic E-state index is 0.0188. The van der Waals surface area contributed by atoms with Crippen LogP contribution in [0.2, 0.25) is 0 Å². The van der Waals surface area contributed by atoms with Crippen LogP contribution in [-0.4, -0.2) is 34.4 Å². The van der Waals surface area contributed by atoms with E-state index in [-0.39, 0.29) is 23.9 Å². The van der Waals surface area contributed by atoms with E-state index in [0.717, 1.165) is 16.7 Å². The summed E-state index contributed by atoms with van der Waals surface area (Å²) in [7, 11) is 0. The molecular weight excluding hydrogens is 462 g/mol. The van der Waals surface area contributed by atoms with Crippen LogP contribution < -0.4 is 15.2 Å². The molecule has 1 aliphatic heterocycles. The van der Waals surface area contributed by atoms with Gasteiger partial charge in [-0.1, -0.05) is 18.2 Å². The van der Waals surface area contributed by atoms with E-state index >= 15 is 0 Å². The quantitative estimate of drug-likeness (QED) is 0.373. The first kappa shape index (κ1) is 23.0. The summed E-state index contributed by atoms with van der Waals surface area (Å²) in [6.07, 6.45) is 1.44. The standard InChI is InChI=1S/C27H25N3O4S/c1-5-29-21-11-19(8-9-22(21)34-12-23(29)31)25(32)17(4)30-14-28-26-24(27(30)33)20(13-35-26)18-7-6-15(2)16(3)10-18/h6-11,13-14,17H,5,12H2,1-4H3. The third-order valence-electron chi connectivity index (χ3n) is 6.64. The van der Waals surface area contributed by atoms with Crippen molar-refractivity contribution in [1.29, 1.82) is 0 Å². The number of hydrogen-bond donors (Lipinski definition) is 0. The predicted octanol–water partition coefficient (Wildman–Crippen LogP) is 4.93. The summed E-state index contributed by atoms with van der Waals surface area (Å²) < 4.78 is 6.90. The third kappa shape index (κ3) is 3.83. The number of amides is 1. The molecule has 0 saturated heterocycles. The van der Waals surface area contributed by atoms with E-state index in [1.807, 2.05) is 31.4 Å². The second-order valence-electron chi connectivity index (χ2n) is 8.73. The predicted molar refractivity (Wildman–Crippen MR) is 138 cm³/mol. The van der Waals surface area contributed by atoms with E-state index < -0.39 is 6.04 Å². The Morgan fingerprint density at radius 3 is 2.69 bits per heavy atom. The van der Waals surface area contributed by atoms with Crippen LogP contribution >= 0.6 is 11.3 Å². The summed E-state index contributed by atoms with van der Waals surface area (Å²) in [4.78, 5) is 46.0. The van der Waals surface area contributed by atoms with Crippen LogP contribution in [-0.2, 0) is 4.79 Å². The molecule has 1 unspecified atom stereocenters. The molecule has 0 aliphatic carbocycles. The molecule has 3 heterocycles. The van der Waals surface area contributed by atoms with E-state index in [1.54, 1.807) is 30.0 Å². The van der Waals surface area contributed by atoms with Crippen LogP contribution in [0.25, 0.3) is 21.3 Å². The summed E-state index contributed by atoms with van der Waals surface area (Å²) in [5.74, 6) is 0.167. The number of hydrogen-bond acceptors (Lipinski definition) is 6. The fraction of sp³-hybridized carbons (Fsp3) is 0.259. The molecule has 1 atom stereocenters. The highest BCUT2D eigenvalue weighted by atomic mass is 32.1. The largest absolute Gasteiger partial charge is 0.482 e. The average Bonchev–Trinajstić information content (AvgIpc) is 3.30. The Balaban J connectivity index is 1.55. The summed E-state index contributed by atoms with van der Waals surface area (Å²) in [5, 5.41) is 2.46. The van der Waals surface area contributed by atoms with Crippen molar-refractivity contribution in [3.8, 4) is 16.9 Å². The SMILES string of the molecule is CCN1C(=O)COc2ccc(C(=O)C(C)n3cnc4scc(-c5ccc(C)c(C)c5)c4c3=O)cc21. The lowest BCUT2D eigenvalue weighted by atomic mass is 10.0. The van der Waals surface area contributed by atoms with Gasteiger partial charge in [0.2, 0.25) is 0 Å². The van der Waals surface area contributed by atoms with Gasteiger partial charge in [0.25, 0.3) is 11.5 Å². The van der Waals surface area contributed by atoms with E-state index in [9.17, 15) is 14.4 Å². The Bertz CT molecular complexity index is 1550. The van der Waals surface area contributed by atoms with Gasteiger partial charge in [0.15, 0.2) is 12.4 Å². The highest BCUT2D eigenvalue weighted by Gasteiger charge is 2.27. The Labute approximate surface area is 206 Å². The van der Waals surface area contributed by atoms with Gasteiger partial charge in [0.05, 0.1) is 23.4 Å². The minimum Gasteiger partial charge on any atom is -0.482 e. The number of likely N-dealkylation sites (N-methyl/N-ethyl adjacent to an activating group) is 1. The molecule has 178 valence electrons. The van der Waals surface area contributed by atoms with Crippen LogP contribution in [0.4, 0.5) is 5.69 Å². The van der Waals surface area contributed by atoms with Gasteiger partial charge in [-0.25, -0.2) is 4.98 Å². The van der Waals surface area contributed by atoms with E-state index in [1.165, 1.54) is 27.8 Å². The molecule has 4 aromatic rings. The van der Waals surface area contributed by atoms with Gasteiger partial charge in [0.1, 0.15) is 10.6 Å². The molecule has 0 N–H and O–H groups in total. The van der Waals surface area contributed by atoms with Crippen LogP contribution in [0, 0.1) is 13.8 Å². The fourth-order valence-corrected chi connectivity index (χ4v) is 5.32. The first-order chi connectivity index (χ1) is 16.8. The van der Waals surface area contributed by atoms with Crippen molar-refractivity contribution in [1.82, 2.24) is 9.55 Å².